The largest absolute Gasteiger partial charge is 0.370 e. The zero-order valence-corrected chi connectivity index (χ0v) is 16.0. The highest BCUT2D eigenvalue weighted by atomic mass is 16.1. The molecule has 3 aromatic rings. The Labute approximate surface area is 163 Å². The minimum atomic E-state index is -0.0595. The zero-order valence-electron chi connectivity index (χ0n) is 16.0. The quantitative estimate of drug-likeness (QED) is 0.747. The average Bonchev–Trinajstić information content (AvgIpc) is 3.07. The molecule has 1 saturated heterocycles. The summed E-state index contributed by atoms with van der Waals surface area (Å²) in [7, 11) is 0. The molecule has 0 radical (unpaired) electrons. The van der Waals surface area contributed by atoms with Gasteiger partial charge in [-0.1, -0.05) is 0 Å². The van der Waals surface area contributed by atoms with E-state index in [1.165, 1.54) is 5.69 Å². The summed E-state index contributed by atoms with van der Waals surface area (Å²) in [6.45, 7) is 3.95. The van der Waals surface area contributed by atoms with Gasteiger partial charge in [0.05, 0.1) is 5.69 Å². The first-order valence-corrected chi connectivity index (χ1v) is 9.86. The van der Waals surface area contributed by atoms with Gasteiger partial charge in [0.2, 0.25) is 0 Å². The minimum absolute atomic E-state index is 0.00222. The van der Waals surface area contributed by atoms with Crippen LogP contribution in [0.5, 0.6) is 0 Å². The summed E-state index contributed by atoms with van der Waals surface area (Å²) in [5.41, 5.74) is 4.87. The minimum Gasteiger partial charge on any atom is -0.370 e. The van der Waals surface area contributed by atoms with Crippen molar-refractivity contribution in [1.82, 2.24) is 19.9 Å². The maximum atomic E-state index is 12.8. The summed E-state index contributed by atoms with van der Waals surface area (Å²) in [5, 5.41) is 0. The highest BCUT2D eigenvalue weighted by Gasteiger charge is 2.44. The van der Waals surface area contributed by atoms with Gasteiger partial charge in [-0.15, -0.1) is 0 Å². The Morgan fingerprint density at radius 1 is 1.21 bits per heavy atom. The molecule has 0 aromatic carbocycles. The van der Waals surface area contributed by atoms with E-state index in [4.69, 9.17) is 4.98 Å². The Morgan fingerprint density at radius 3 is 2.96 bits per heavy atom. The van der Waals surface area contributed by atoms with Gasteiger partial charge in [-0.05, 0) is 56.9 Å². The molecule has 1 N–H and O–H groups in total. The van der Waals surface area contributed by atoms with E-state index < -0.39 is 0 Å². The van der Waals surface area contributed by atoms with Crippen molar-refractivity contribution in [3.63, 3.8) is 0 Å². The van der Waals surface area contributed by atoms with E-state index in [2.05, 4.69) is 32.0 Å². The lowest BCUT2D eigenvalue weighted by atomic mass is 9.77. The summed E-state index contributed by atoms with van der Waals surface area (Å²) >= 11 is 0. The highest BCUT2D eigenvalue weighted by Crippen LogP contribution is 2.44. The number of rotatable bonds is 2. The van der Waals surface area contributed by atoms with Gasteiger partial charge < -0.3 is 9.88 Å². The normalized spacial score (nSPS) is 21.1. The van der Waals surface area contributed by atoms with Crippen LogP contribution in [0.25, 0.3) is 11.4 Å². The molecular weight excluding hydrogens is 350 g/mol. The first kappa shape index (κ1) is 17.1. The number of hydrogen-bond acceptors (Lipinski definition) is 5. The van der Waals surface area contributed by atoms with E-state index in [9.17, 15) is 4.79 Å². The van der Waals surface area contributed by atoms with Crippen molar-refractivity contribution in [1.29, 1.82) is 0 Å². The monoisotopic (exact) mass is 373 g/mol. The average molecular weight is 373 g/mol. The van der Waals surface area contributed by atoms with Gasteiger partial charge >= 0.3 is 0 Å². The van der Waals surface area contributed by atoms with Crippen LogP contribution in [0, 0.1) is 6.92 Å². The fraction of sp³-hybridized carbons (Fsp3) is 0.364. The molecule has 6 heteroatoms. The predicted octanol–water partition coefficient (Wildman–Crippen LogP) is 3.02. The van der Waals surface area contributed by atoms with Gasteiger partial charge in [-0.3, -0.25) is 14.8 Å². The summed E-state index contributed by atoms with van der Waals surface area (Å²) in [4.78, 5) is 31.7. The van der Waals surface area contributed by atoms with Gasteiger partial charge in [0.25, 0.3) is 5.56 Å². The van der Waals surface area contributed by atoms with Gasteiger partial charge in [0.15, 0.2) is 0 Å². The van der Waals surface area contributed by atoms with E-state index in [1.807, 2.05) is 25.3 Å². The molecule has 1 fully saturated rings. The number of anilines is 1. The lowest BCUT2D eigenvalue weighted by molar-refractivity contribution is 0.334. The summed E-state index contributed by atoms with van der Waals surface area (Å²) in [6, 6.07) is 8.02. The van der Waals surface area contributed by atoms with Crippen LogP contribution in [0.15, 0.2) is 47.7 Å². The standard InChI is InChI=1S/C22H23N5O/c1-15-12-17(6-10-24-15)27-11-3-7-22(14-27)8-5-18-19(22)25-20(26-21(18)28)16-4-2-9-23-13-16/h2,4,6,9-10,12-13H,3,5,7-8,11,14H2,1H3,(H,25,26,28). The third kappa shape index (κ3) is 2.80. The third-order valence-electron chi connectivity index (χ3n) is 6.13. The van der Waals surface area contributed by atoms with Crippen molar-refractivity contribution < 1.29 is 0 Å². The lowest BCUT2D eigenvalue weighted by Gasteiger charge is -2.41. The van der Waals surface area contributed by atoms with E-state index in [1.54, 1.807) is 12.4 Å². The number of pyridine rings is 2. The number of H-pyrrole nitrogens is 1. The molecule has 5 rings (SSSR count). The van der Waals surface area contributed by atoms with Crippen molar-refractivity contribution >= 4 is 5.69 Å². The molecule has 1 unspecified atom stereocenters. The smallest absolute Gasteiger partial charge is 0.254 e. The fourth-order valence-corrected chi connectivity index (χ4v) is 4.77. The lowest BCUT2D eigenvalue weighted by Crippen LogP contribution is -2.45. The van der Waals surface area contributed by atoms with Crippen LogP contribution in [0.2, 0.25) is 0 Å². The number of nitrogens with one attached hydrogen (secondary N) is 1. The Morgan fingerprint density at radius 2 is 2.14 bits per heavy atom. The van der Waals surface area contributed by atoms with Crippen LogP contribution in [0.3, 0.4) is 0 Å². The molecule has 4 heterocycles. The maximum Gasteiger partial charge on any atom is 0.254 e. The molecular formula is C22H23N5O. The van der Waals surface area contributed by atoms with Crippen molar-refractivity contribution in [2.45, 2.75) is 38.0 Å². The van der Waals surface area contributed by atoms with Crippen LogP contribution >= 0.6 is 0 Å². The van der Waals surface area contributed by atoms with Crippen LogP contribution in [0.4, 0.5) is 5.69 Å². The number of aromatic amines is 1. The topological polar surface area (TPSA) is 74.8 Å². The third-order valence-corrected chi connectivity index (χ3v) is 6.13. The van der Waals surface area contributed by atoms with Crippen LogP contribution < -0.4 is 10.5 Å². The van der Waals surface area contributed by atoms with Crippen LogP contribution in [-0.2, 0) is 11.8 Å². The number of hydrogen-bond donors (Lipinski definition) is 1. The molecule has 1 spiro atoms. The molecule has 1 atom stereocenters. The summed E-state index contributed by atoms with van der Waals surface area (Å²) in [5.74, 6) is 0.620. The summed E-state index contributed by atoms with van der Waals surface area (Å²) in [6.07, 6.45) is 9.30. The summed E-state index contributed by atoms with van der Waals surface area (Å²) < 4.78 is 0. The molecule has 0 bridgehead atoms. The predicted molar refractivity (Wildman–Crippen MR) is 109 cm³/mol. The Bertz CT molecular complexity index is 1080. The molecule has 1 aliphatic heterocycles. The van der Waals surface area contributed by atoms with E-state index >= 15 is 0 Å². The Balaban J connectivity index is 1.56. The van der Waals surface area contributed by atoms with Crippen LogP contribution in [-0.4, -0.2) is 33.0 Å². The number of fused-ring (bicyclic) bond motifs is 2. The molecule has 142 valence electrons. The van der Waals surface area contributed by atoms with Crippen molar-refractivity contribution in [3.8, 4) is 11.4 Å². The molecule has 1 aliphatic carbocycles. The van der Waals surface area contributed by atoms with E-state index in [0.29, 0.717) is 5.82 Å². The highest BCUT2D eigenvalue weighted by molar-refractivity contribution is 5.55. The molecule has 0 saturated carbocycles. The van der Waals surface area contributed by atoms with Gasteiger partial charge in [0, 0.05) is 59.6 Å². The van der Waals surface area contributed by atoms with Crippen molar-refractivity contribution in [2.24, 2.45) is 0 Å². The SMILES string of the molecule is Cc1cc(N2CCCC3(CCc4c3nc(-c3cccnc3)[nH]c4=O)C2)ccn1. The van der Waals surface area contributed by atoms with E-state index in [-0.39, 0.29) is 11.0 Å². The fourth-order valence-electron chi connectivity index (χ4n) is 4.77. The number of aryl methyl sites for hydroxylation is 1. The molecule has 6 nitrogen and oxygen atoms in total. The van der Waals surface area contributed by atoms with Gasteiger partial charge in [-0.25, -0.2) is 4.98 Å². The Kier molecular flexibility index (Phi) is 4.00. The number of nitrogens with zero attached hydrogens (tertiary/aromatic N) is 4. The number of aromatic nitrogens is 4. The van der Waals surface area contributed by atoms with E-state index in [0.717, 1.165) is 61.3 Å². The second kappa shape index (κ2) is 6.55. The first-order chi connectivity index (χ1) is 13.6. The molecule has 0 amide bonds. The zero-order chi connectivity index (χ0) is 19.1. The molecule has 28 heavy (non-hydrogen) atoms. The Hall–Kier alpha value is -3.02. The molecule has 2 aliphatic rings. The maximum absolute atomic E-state index is 12.8. The van der Waals surface area contributed by atoms with Crippen molar-refractivity contribution in [2.75, 3.05) is 18.0 Å². The second-order valence-electron chi connectivity index (χ2n) is 7.94. The first-order valence-electron chi connectivity index (χ1n) is 9.86. The molecule has 3 aromatic heterocycles. The second-order valence-corrected chi connectivity index (χ2v) is 7.94. The van der Waals surface area contributed by atoms with Gasteiger partial charge in [0.1, 0.15) is 5.82 Å². The van der Waals surface area contributed by atoms with Gasteiger partial charge in [-0.2, -0.15) is 0 Å². The van der Waals surface area contributed by atoms with Crippen molar-refractivity contribution in [3.05, 3.63) is 70.2 Å². The van der Waals surface area contributed by atoms with Crippen LogP contribution in [0.1, 0.15) is 36.2 Å². The number of piperidine rings is 1.